The van der Waals surface area contributed by atoms with Crippen molar-refractivity contribution < 1.29 is 2.74 Å². The zero-order chi connectivity index (χ0) is 8.27. The van der Waals surface area contributed by atoms with Gasteiger partial charge in [-0.15, -0.1) is 0 Å². The lowest BCUT2D eigenvalue weighted by Gasteiger charge is -1.96. The van der Waals surface area contributed by atoms with Crippen LogP contribution in [0.3, 0.4) is 0 Å². The first-order valence-electron chi connectivity index (χ1n) is 3.77. The van der Waals surface area contributed by atoms with Gasteiger partial charge in [0.1, 0.15) is 6.33 Å². The Morgan fingerprint density at radius 2 is 2.00 bits per heavy atom. The van der Waals surface area contributed by atoms with E-state index in [0.717, 1.165) is 0 Å². The van der Waals surface area contributed by atoms with Crippen molar-refractivity contribution in [2.24, 2.45) is 0 Å². The van der Waals surface area contributed by atoms with Crippen LogP contribution in [0.1, 0.15) is 14.1 Å². The standard InChI is InChI=1S/C6H7BrN2/c1-4-6(7)5(2)9-3-8-4/h3H,1-2H3/i1D,2D. The second-order valence-corrected chi connectivity index (χ2v) is 2.37. The summed E-state index contributed by atoms with van der Waals surface area (Å²) < 4.78 is 14.8. The molecule has 0 N–H and O–H groups in total. The SMILES string of the molecule is [2H]Cc1ncnc(C[2H])c1Br. The second-order valence-electron chi connectivity index (χ2n) is 1.58. The average Bonchev–Trinajstić information content (AvgIpc) is 2.05. The lowest BCUT2D eigenvalue weighted by Crippen LogP contribution is -1.88. The van der Waals surface area contributed by atoms with Gasteiger partial charge in [-0.05, 0) is 29.7 Å². The highest BCUT2D eigenvalue weighted by Gasteiger charge is 1.97. The van der Waals surface area contributed by atoms with E-state index in [4.69, 9.17) is 2.74 Å². The summed E-state index contributed by atoms with van der Waals surface area (Å²) in [4.78, 5) is 7.75. The fraction of sp³-hybridized carbons (Fsp3) is 0.333. The van der Waals surface area contributed by atoms with Crippen LogP contribution >= 0.6 is 15.9 Å². The number of aromatic nitrogens is 2. The minimum absolute atomic E-state index is 0.121. The molecular weight excluding hydrogens is 180 g/mol. The molecule has 0 aromatic carbocycles. The molecule has 1 aromatic heterocycles. The Morgan fingerprint density at radius 3 is 2.44 bits per heavy atom. The first kappa shape index (κ1) is 4.39. The molecule has 0 bridgehead atoms. The number of halogens is 1. The Bertz CT molecular complexity index is 232. The molecule has 0 aliphatic heterocycles. The molecule has 1 heterocycles. The van der Waals surface area contributed by atoms with Crippen molar-refractivity contribution in [1.29, 1.82) is 0 Å². The second kappa shape index (κ2) is 2.43. The fourth-order valence-corrected chi connectivity index (χ4v) is 0.653. The number of aryl methyl sites for hydroxylation is 2. The topological polar surface area (TPSA) is 25.8 Å². The Labute approximate surface area is 65.3 Å². The molecule has 0 aliphatic carbocycles. The van der Waals surface area contributed by atoms with Gasteiger partial charge < -0.3 is 0 Å². The molecule has 0 amide bonds. The summed E-state index contributed by atoms with van der Waals surface area (Å²) in [6.07, 6.45) is 1.39. The predicted octanol–water partition coefficient (Wildman–Crippen LogP) is 1.86. The van der Waals surface area contributed by atoms with Crippen molar-refractivity contribution >= 4 is 15.9 Å². The number of hydrogen-bond donors (Lipinski definition) is 0. The van der Waals surface area contributed by atoms with Crippen LogP contribution in [-0.4, -0.2) is 9.97 Å². The maximum Gasteiger partial charge on any atom is 0.115 e. The van der Waals surface area contributed by atoms with E-state index in [2.05, 4.69) is 25.9 Å². The highest BCUT2D eigenvalue weighted by atomic mass is 79.9. The smallest absolute Gasteiger partial charge is 0.115 e. The highest BCUT2D eigenvalue weighted by Crippen LogP contribution is 2.14. The Hall–Kier alpha value is -0.440. The third-order valence-corrected chi connectivity index (χ3v) is 1.85. The first-order chi connectivity index (χ1) is 5.29. The summed E-state index contributed by atoms with van der Waals surface area (Å²) in [6, 6.07) is 0. The summed E-state index contributed by atoms with van der Waals surface area (Å²) in [5.41, 5.74) is 1.28. The molecule has 3 heteroatoms. The highest BCUT2D eigenvalue weighted by molar-refractivity contribution is 9.10. The van der Waals surface area contributed by atoms with Crippen molar-refractivity contribution in [1.82, 2.24) is 9.97 Å². The third-order valence-electron chi connectivity index (χ3n) is 0.934. The van der Waals surface area contributed by atoms with E-state index < -0.39 is 0 Å². The van der Waals surface area contributed by atoms with Gasteiger partial charge in [0.05, 0.1) is 15.9 Å². The molecule has 1 rings (SSSR count). The largest absolute Gasteiger partial charge is 0.241 e. The molecule has 0 unspecified atom stereocenters. The van der Waals surface area contributed by atoms with Crippen LogP contribution in [0, 0.1) is 13.8 Å². The Kier molecular flexibility index (Phi) is 1.19. The van der Waals surface area contributed by atoms with Crippen molar-refractivity contribution in [2.45, 2.75) is 13.8 Å². The van der Waals surface area contributed by atoms with Crippen LogP contribution < -0.4 is 0 Å². The van der Waals surface area contributed by atoms with Gasteiger partial charge in [0.15, 0.2) is 0 Å². The van der Waals surface area contributed by atoms with Gasteiger partial charge in [-0.25, -0.2) is 9.97 Å². The average molecular weight is 189 g/mol. The number of hydrogen-bond acceptors (Lipinski definition) is 2. The molecule has 0 saturated carbocycles. The quantitative estimate of drug-likeness (QED) is 0.622. The summed E-state index contributed by atoms with van der Waals surface area (Å²) >= 11 is 3.24. The normalized spacial score (nSPS) is 12.6. The van der Waals surface area contributed by atoms with Crippen LogP contribution in [0.2, 0.25) is 0 Å². The van der Waals surface area contributed by atoms with Crippen molar-refractivity contribution in [3.8, 4) is 0 Å². The molecular formula is C6H7BrN2. The molecule has 0 atom stereocenters. The Morgan fingerprint density at radius 1 is 1.44 bits per heavy atom. The first-order valence-corrected chi connectivity index (χ1v) is 3.15. The zero-order valence-corrected chi connectivity index (χ0v) is 6.35. The molecule has 2 nitrogen and oxygen atoms in total. The van der Waals surface area contributed by atoms with Crippen LogP contribution in [-0.2, 0) is 0 Å². The van der Waals surface area contributed by atoms with E-state index in [9.17, 15) is 0 Å². The molecule has 0 saturated heterocycles. The van der Waals surface area contributed by atoms with Gasteiger partial charge in [0.2, 0.25) is 0 Å². The molecule has 0 radical (unpaired) electrons. The van der Waals surface area contributed by atoms with Gasteiger partial charge in [-0.2, -0.15) is 0 Å². The molecule has 48 valence electrons. The molecule has 0 aliphatic rings. The van der Waals surface area contributed by atoms with Crippen LogP contribution in [0.25, 0.3) is 0 Å². The van der Waals surface area contributed by atoms with Crippen molar-refractivity contribution in [3.63, 3.8) is 0 Å². The van der Waals surface area contributed by atoms with Crippen molar-refractivity contribution in [3.05, 3.63) is 22.2 Å². The summed E-state index contributed by atoms with van der Waals surface area (Å²) in [6.45, 7) is 0.242. The summed E-state index contributed by atoms with van der Waals surface area (Å²) in [7, 11) is 0. The summed E-state index contributed by atoms with van der Waals surface area (Å²) in [5.74, 6) is 0. The lowest BCUT2D eigenvalue weighted by molar-refractivity contribution is 1.03. The van der Waals surface area contributed by atoms with Crippen LogP contribution in [0.4, 0.5) is 0 Å². The van der Waals surface area contributed by atoms with Crippen molar-refractivity contribution in [2.75, 3.05) is 0 Å². The van der Waals surface area contributed by atoms with E-state index in [1.165, 1.54) is 6.33 Å². The fourth-order valence-electron chi connectivity index (χ4n) is 0.448. The maximum absolute atomic E-state index is 7.07. The van der Waals surface area contributed by atoms with Gasteiger partial charge in [0, 0.05) is 2.74 Å². The number of rotatable bonds is 0. The molecule has 0 fully saturated rings. The van der Waals surface area contributed by atoms with E-state index >= 15 is 0 Å². The maximum atomic E-state index is 7.07. The number of nitrogens with zero attached hydrogens (tertiary/aromatic N) is 2. The van der Waals surface area contributed by atoms with E-state index in [0.29, 0.717) is 15.9 Å². The van der Waals surface area contributed by atoms with Gasteiger partial charge in [-0.3, -0.25) is 0 Å². The molecule has 9 heavy (non-hydrogen) atoms. The van der Waals surface area contributed by atoms with Gasteiger partial charge >= 0.3 is 0 Å². The lowest BCUT2D eigenvalue weighted by atomic mass is 10.4. The van der Waals surface area contributed by atoms with Crippen LogP contribution in [0.15, 0.2) is 10.8 Å². The zero-order valence-electron chi connectivity index (χ0n) is 6.76. The minimum Gasteiger partial charge on any atom is -0.241 e. The van der Waals surface area contributed by atoms with E-state index in [1.54, 1.807) is 0 Å². The van der Waals surface area contributed by atoms with Gasteiger partial charge in [0.25, 0.3) is 0 Å². The predicted molar refractivity (Wildman–Crippen MR) is 39.2 cm³/mol. The summed E-state index contributed by atoms with van der Waals surface area (Å²) in [5, 5.41) is 0. The Balaban J connectivity index is 3.10. The minimum atomic E-state index is 0.121. The third kappa shape index (κ3) is 1.27. The molecule has 1 aromatic rings. The monoisotopic (exact) mass is 188 g/mol. The van der Waals surface area contributed by atoms with E-state index in [1.807, 2.05) is 0 Å². The van der Waals surface area contributed by atoms with E-state index in [-0.39, 0.29) is 13.8 Å². The van der Waals surface area contributed by atoms with Gasteiger partial charge in [-0.1, -0.05) is 0 Å². The molecule has 0 spiro atoms. The van der Waals surface area contributed by atoms with Crippen LogP contribution in [0.5, 0.6) is 0 Å².